The van der Waals surface area contributed by atoms with Crippen molar-refractivity contribution in [2.24, 2.45) is 0 Å². The van der Waals surface area contributed by atoms with Crippen LogP contribution in [-0.4, -0.2) is 16.8 Å². The first-order chi connectivity index (χ1) is 11.2. The number of nitrogens with one attached hydrogen (secondary N) is 1. The molecular formula is C17H12Cl2N2OS. The Hall–Kier alpha value is -1.88. The molecule has 0 fully saturated rings. The summed E-state index contributed by atoms with van der Waals surface area (Å²) < 4.78 is 0. The van der Waals surface area contributed by atoms with E-state index in [4.69, 9.17) is 23.2 Å². The van der Waals surface area contributed by atoms with Crippen molar-refractivity contribution < 1.29 is 4.79 Å². The number of hydrogen-bond donors (Lipinski definition) is 1. The van der Waals surface area contributed by atoms with Crippen LogP contribution in [0.5, 0.6) is 0 Å². The van der Waals surface area contributed by atoms with E-state index in [2.05, 4.69) is 10.3 Å². The molecule has 0 saturated carbocycles. The summed E-state index contributed by atoms with van der Waals surface area (Å²) in [6, 6.07) is 15.1. The Kier molecular flexibility index (Phi) is 4.96. The first-order valence-corrected chi connectivity index (χ1v) is 8.63. The minimum atomic E-state index is -0.237. The molecule has 0 saturated heterocycles. The second-order valence-electron chi connectivity index (χ2n) is 4.78. The van der Waals surface area contributed by atoms with Gasteiger partial charge in [0, 0.05) is 22.2 Å². The predicted molar refractivity (Wildman–Crippen MR) is 97.3 cm³/mol. The Morgan fingerprint density at radius 2 is 2.00 bits per heavy atom. The highest BCUT2D eigenvalue weighted by atomic mass is 35.5. The van der Waals surface area contributed by atoms with E-state index in [1.54, 1.807) is 0 Å². The summed E-state index contributed by atoms with van der Waals surface area (Å²) >= 11 is 13.3. The van der Waals surface area contributed by atoms with E-state index >= 15 is 0 Å². The molecule has 0 spiro atoms. The molecule has 1 heterocycles. The van der Waals surface area contributed by atoms with Crippen LogP contribution >= 0.6 is 34.5 Å². The first kappa shape index (κ1) is 16.0. The average Bonchev–Trinajstić information content (AvgIpc) is 3.05. The minimum absolute atomic E-state index is 0.0718. The second-order valence-corrected chi connectivity index (χ2v) is 6.31. The van der Waals surface area contributed by atoms with Gasteiger partial charge < -0.3 is 5.32 Å². The lowest BCUT2D eigenvalue weighted by Gasteiger charge is -2.04. The topological polar surface area (TPSA) is 42.0 Å². The lowest BCUT2D eigenvalue weighted by atomic mass is 10.1. The number of rotatable bonds is 4. The summed E-state index contributed by atoms with van der Waals surface area (Å²) in [7, 11) is 0. The molecule has 0 aliphatic heterocycles. The van der Waals surface area contributed by atoms with Crippen LogP contribution in [0.25, 0.3) is 21.8 Å². The number of alkyl halides is 1. The number of thiazole rings is 1. The van der Waals surface area contributed by atoms with Crippen molar-refractivity contribution in [2.75, 3.05) is 11.2 Å². The number of halogens is 2. The number of nitrogens with zero attached hydrogens (tertiary/aromatic N) is 1. The van der Waals surface area contributed by atoms with Crippen LogP contribution in [0.3, 0.4) is 0 Å². The summed E-state index contributed by atoms with van der Waals surface area (Å²) in [4.78, 5) is 16.0. The summed E-state index contributed by atoms with van der Waals surface area (Å²) in [6.45, 7) is 0. The van der Waals surface area contributed by atoms with Crippen molar-refractivity contribution in [1.29, 1.82) is 0 Å². The SMILES string of the molecule is O=C(CCl)Nc1cccc(-c2csc(-c3ccccc3Cl)n2)c1. The molecule has 3 rings (SSSR count). The number of carbonyl (C=O) groups excluding carboxylic acids is 1. The van der Waals surface area contributed by atoms with Crippen molar-refractivity contribution in [3.8, 4) is 21.8 Å². The van der Waals surface area contributed by atoms with Gasteiger partial charge in [-0.05, 0) is 18.2 Å². The van der Waals surface area contributed by atoms with Crippen molar-refractivity contribution in [1.82, 2.24) is 4.98 Å². The molecule has 23 heavy (non-hydrogen) atoms. The summed E-state index contributed by atoms with van der Waals surface area (Å²) in [6.07, 6.45) is 0. The summed E-state index contributed by atoms with van der Waals surface area (Å²) in [5.41, 5.74) is 3.37. The molecular weight excluding hydrogens is 351 g/mol. The van der Waals surface area contributed by atoms with E-state index in [0.29, 0.717) is 10.7 Å². The number of anilines is 1. The van der Waals surface area contributed by atoms with E-state index in [0.717, 1.165) is 21.8 Å². The third-order valence-electron chi connectivity index (χ3n) is 3.17. The smallest absolute Gasteiger partial charge is 0.239 e. The molecule has 0 atom stereocenters. The van der Waals surface area contributed by atoms with Gasteiger partial charge in [-0.25, -0.2) is 4.98 Å². The maximum atomic E-state index is 11.4. The van der Waals surface area contributed by atoms with Gasteiger partial charge in [0.2, 0.25) is 5.91 Å². The Labute approximate surface area is 147 Å². The zero-order chi connectivity index (χ0) is 16.2. The quantitative estimate of drug-likeness (QED) is 0.639. The summed E-state index contributed by atoms with van der Waals surface area (Å²) in [5, 5.41) is 6.25. The molecule has 0 unspecified atom stereocenters. The molecule has 1 N–H and O–H groups in total. The molecule has 0 aliphatic carbocycles. The number of carbonyl (C=O) groups is 1. The van der Waals surface area contributed by atoms with Crippen molar-refractivity contribution in [2.45, 2.75) is 0 Å². The number of amides is 1. The van der Waals surface area contributed by atoms with E-state index in [1.165, 1.54) is 11.3 Å². The molecule has 0 aliphatic rings. The monoisotopic (exact) mass is 362 g/mol. The van der Waals surface area contributed by atoms with Gasteiger partial charge in [-0.1, -0.05) is 41.9 Å². The molecule has 3 aromatic rings. The van der Waals surface area contributed by atoms with Crippen LogP contribution in [-0.2, 0) is 4.79 Å². The number of benzene rings is 2. The molecule has 116 valence electrons. The Bertz CT molecular complexity index is 848. The fraction of sp³-hybridized carbons (Fsp3) is 0.0588. The van der Waals surface area contributed by atoms with Gasteiger partial charge in [0.25, 0.3) is 0 Å². The third kappa shape index (κ3) is 3.72. The predicted octanol–water partition coefficient (Wildman–Crippen LogP) is 5.31. The maximum absolute atomic E-state index is 11.4. The molecule has 3 nitrogen and oxygen atoms in total. The maximum Gasteiger partial charge on any atom is 0.239 e. The fourth-order valence-electron chi connectivity index (χ4n) is 2.12. The van der Waals surface area contributed by atoms with Gasteiger partial charge in [0.1, 0.15) is 10.9 Å². The summed E-state index contributed by atoms with van der Waals surface area (Å²) in [5.74, 6) is -0.309. The van der Waals surface area contributed by atoms with Crippen LogP contribution < -0.4 is 5.32 Å². The zero-order valence-electron chi connectivity index (χ0n) is 11.9. The van der Waals surface area contributed by atoms with E-state index in [-0.39, 0.29) is 11.8 Å². The normalized spacial score (nSPS) is 10.5. The van der Waals surface area contributed by atoms with Gasteiger partial charge in [-0.15, -0.1) is 22.9 Å². The van der Waals surface area contributed by atoms with E-state index in [9.17, 15) is 4.79 Å². The second kappa shape index (κ2) is 7.13. The zero-order valence-corrected chi connectivity index (χ0v) is 14.3. The fourth-order valence-corrected chi connectivity index (χ4v) is 3.33. The van der Waals surface area contributed by atoms with Crippen molar-refractivity contribution in [3.63, 3.8) is 0 Å². The Balaban J connectivity index is 1.90. The lowest BCUT2D eigenvalue weighted by molar-refractivity contribution is -0.113. The van der Waals surface area contributed by atoms with Crippen LogP contribution in [0, 0.1) is 0 Å². The minimum Gasteiger partial charge on any atom is -0.325 e. The molecule has 2 aromatic carbocycles. The van der Waals surface area contributed by atoms with Gasteiger partial charge in [0.05, 0.1) is 10.7 Å². The third-order valence-corrected chi connectivity index (χ3v) is 4.62. The van der Waals surface area contributed by atoms with Gasteiger partial charge in [-0.2, -0.15) is 0 Å². The van der Waals surface area contributed by atoms with Gasteiger partial charge >= 0.3 is 0 Å². The largest absolute Gasteiger partial charge is 0.325 e. The molecule has 0 radical (unpaired) electrons. The van der Waals surface area contributed by atoms with Crippen molar-refractivity contribution in [3.05, 3.63) is 58.9 Å². The van der Waals surface area contributed by atoms with Crippen LogP contribution in [0.15, 0.2) is 53.9 Å². The van der Waals surface area contributed by atoms with Crippen LogP contribution in [0.2, 0.25) is 5.02 Å². The van der Waals surface area contributed by atoms with Crippen LogP contribution in [0.1, 0.15) is 0 Å². The van der Waals surface area contributed by atoms with E-state index < -0.39 is 0 Å². The standard InChI is InChI=1S/C17H12Cl2N2OS/c18-9-16(22)20-12-5-3-4-11(8-12)15-10-23-17(21-15)13-6-1-2-7-14(13)19/h1-8,10H,9H2,(H,20,22). The average molecular weight is 363 g/mol. The van der Waals surface area contributed by atoms with Gasteiger partial charge in [-0.3, -0.25) is 4.79 Å². The molecule has 1 amide bonds. The first-order valence-electron chi connectivity index (χ1n) is 6.84. The number of aromatic nitrogens is 1. The molecule has 1 aromatic heterocycles. The van der Waals surface area contributed by atoms with Gasteiger partial charge in [0.15, 0.2) is 0 Å². The highest BCUT2D eigenvalue weighted by Gasteiger charge is 2.10. The molecule has 6 heteroatoms. The lowest BCUT2D eigenvalue weighted by Crippen LogP contribution is -2.12. The highest BCUT2D eigenvalue weighted by Crippen LogP contribution is 2.33. The van der Waals surface area contributed by atoms with Crippen molar-refractivity contribution >= 4 is 46.1 Å². The number of hydrogen-bond acceptors (Lipinski definition) is 3. The molecule has 0 bridgehead atoms. The Morgan fingerprint density at radius 3 is 2.78 bits per heavy atom. The highest BCUT2D eigenvalue weighted by molar-refractivity contribution is 7.13. The Morgan fingerprint density at radius 1 is 1.17 bits per heavy atom. The van der Waals surface area contributed by atoms with Crippen LogP contribution in [0.4, 0.5) is 5.69 Å². The van der Waals surface area contributed by atoms with E-state index in [1.807, 2.05) is 53.9 Å².